The van der Waals surface area contributed by atoms with Crippen LogP contribution in [0.1, 0.15) is 24.1 Å². The van der Waals surface area contributed by atoms with Gasteiger partial charge in [-0.2, -0.15) is 0 Å². The molecule has 2 aromatic carbocycles. The third kappa shape index (κ3) is 4.00. The first kappa shape index (κ1) is 17.0. The number of aromatic nitrogens is 2. The van der Waals surface area contributed by atoms with Gasteiger partial charge in [0.05, 0.1) is 6.04 Å². The van der Waals surface area contributed by atoms with Crippen molar-refractivity contribution in [2.24, 2.45) is 0 Å². The summed E-state index contributed by atoms with van der Waals surface area (Å²) in [4.78, 5) is 8.50. The van der Waals surface area contributed by atoms with Crippen LogP contribution in [-0.4, -0.2) is 9.97 Å². The fourth-order valence-corrected chi connectivity index (χ4v) is 2.63. The molecular formula is C19H20ClN5. The number of halogens is 1. The number of aryl methyl sites for hydroxylation is 1. The van der Waals surface area contributed by atoms with Crippen LogP contribution in [0, 0.1) is 6.92 Å². The SMILES string of the molecule is Cc1ccc(Nc2ncnc(NC(C)c3ccccc3)c2N)cc1Cl. The van der Waals surface area contributed by atoms with Gasteiger partial charge in [0.15, 0.2) is 11.6 Å². The van der Waals surface area contributed by atoms with Gasteiger partial charge < -0.3 is 16.4 Å². The van der Waals surface area contributed by atoms with Crippen molar-refractivity contribution in [2.45, 2.75) is 19.9 Å². The Morgan fingerprint density at radius 1 is 1.04 bits per heavy atom. The lowest BCUT2D eigenvalue weighted by molar-refractivity contribution is 0.873. The van der Waals surface area contributed by atoms with Gasteiger partial charge in [0.2, 0.25) is 0 Å². The lowest BCUT2D eigenvalue weighted by Crippen LogP contribution is -2.11. The topological polar surface area (TPSA) is 75.9 Å². The normalized spacial score (nSPS) is 11.8. The molecule has 6 heteroatoms. The highest BCUT2D eigenvalue weighted by molar-refractivity contribution is 6.31. The van der Waals surface area contributed by atoms with E-state index in [4.69, 9.17) is 17.3 Å². The number of hydrogen-bond acceptors (Lipinski definition) is 5. The summed E-state index contributed by atoms with van der Waals surface area (Å²) < 4.78 is 0. The van der Waals surface area contributed by atoms with Crippen LogP contribution in [0.5, 0.6) is 0 Å². The van der Waals surface area contributed by atoms with E-state index in [0.717, 1.165) is 16.8 Å². The van der Waals surface area contributed by atoms with Crippen LogP contribution in [0.2, 0.25) is 5.02 Å². The summed E-state index contributed by atoms with van der Waals surface area (Å²) >= 11 is 6.17. The molecule has 4 N–H and O–H groups in total. The maximum Gasteiger partial charge on any atom is 0.159 e. The number of benzene rings is 2. The van der Waals surface area contributed by atoms with Gasteiger partial charge >= 0.3 is 0 Å². The van der Waals surface area contributed by atoms with E-state index in [1.807, 2.05) is 43.3 Å². The molecule has 1 heterocycles. The van der Waals surface area contributed by atoms with Crippen molar-refractivity contribution in [2.75, 3.05) is 16.4 Å². The Labute approximate surface area is 152 Å². The zero-order valence-corrected chi connectivity index (χ0v) is 14.9. The molecule has 5 nitrogen and oxygen atoms in total. The molecule has 0 amide bonds. The quantitative estimate of drug-likeness (QED) is 0.605. The number of nitrogens with one attached hydrogen (secondary N) is 2. The molecule has 0 aliphatic rings. The third-order valence-electron chi connectivity index (χ3n) is 3.97. The smallest absolute Gasteiger partial charge is 0.159 e. The largest absolute Gasteiger partial charge is 0.393 e. The molecule has 0 bridgehead atoms. The van der Waals surface area contributed by atoms with Gasteiger partial charge in [0.1, 0.15) is 12.0 Å². The molecule has 0 radical (unpaired) electrons. The van der Waals surface area contributed by atoms with Crippen molar-refractivity contribution < 1.29 is 0 Å². The summed E-state index contributed by atoms with van der Waals surface area (Å²) in [7, 11) is 0. The van der Waals surface area contributed by atoms with Crippen LogP contribution in [0.25, 0.3) is 0 Å². The van der Waals surface area contributed by atoms with E-state index in [-0.39, 0.29) is 6.04 Å². The van der Waals surface area contributed by atoms with Crippen molar-refractivity contribution >= 4 is 34.6 Å². The van der Waals surface area contributed by atoms with E-state index in [2.05, 4.69) is 39.7 Å². The van der Waals surface area contributed by atoms with Crippen LogP contribution in [0.3, 0.4) is 0 Å². The highest BCUT2D eigenvalue weighted by Crippen LogP contribution is 2.29. The highest BCUT2D eigenvalue weighted by Gasteiger charge is 2.12. The molecule has 1 unspecified atom stereocenters. The van der Waals surface area contributed by atoms with Gasteiger partial charge in [-0.1, -0.05) is 48.0 Å². The standard InChI is InChI=1S/C19H20ClN5/c1-12-8-9-15(10-16(12)20)25-19-17(21)18(22-11-23-19)24-13(2)14-6-4-3-5-7-14/h3-11,13H,21H2,1-2H3,(H2,22,23,24,25). The van der Waals surface area contributed by atoms with Gasteiger partial charge in [-0.25, -0.2) is 9.97 Å². The second kappa shape index (κ2) is 7.40. The summed E-state index contributed by atoms with van der Waals surface area (Å²) in [6, 6.07) is 15.9. The highest BCUT2D eigenvalue weighted by atomic mass is 35.5. The van der Waals surface area contributed by atoms with Crippen molar-refractivity contribution in [3.63, 3.8) is 0 Å². The summed E-state index contributed by atoms with van der Waals surface area (Å²) in [6.45, 7) is 4.02. The summed E-state index contributed by atoms with van der Waals surface area (Å²) in [5, 5.41) is 7.21. The molecule has 3 rings (SSSR count). The first-order valence-corrected chi connectivity index (χ1v) is 8.37. The summed E-state index contributed by atoms with van der Waals surface area (Å²) in [5.74, 6) is 1.13. The number of nitrogens with two attached hydrogens (primary N) is 1. The Morgan fingerprint density at radius 2 is 1.76 bits per heavy atom. The fourth-order valence-electron chi connectivity index (χ4n) is 2.45. The lowest BCUT2D eigenvalue weighted by Gasteiger charge is -2.17. The molecule has 1 aromatic heterocycles. The first-order chi connectivity index (χ1) is 12.0. The minimum Gasteiger partial charge on any atom is -0.393 e. The molecule has 0 spiro atoms. The number of anilines is 4. The lowest BCUT2D eigenvalue weighted by atomic mass is 10.1. The number of hydrogen-bond donors (Lipinski definition) is 3. The van der Waals surface area contributed by atoms with Gasteiger partial charge in [-0.15, -0.1) is 0 Å². The Morgan fingerprint density at radius 3 is 2.48 bits per heavy atom. The third-order valence-corrected chi connectivity index (χ3v) is 4.38. The second-order valence-electron chi connectivity index (χ2n) is 5.85. The zero-order valence-electron chi connectivity index (χ0n) is 14.1. The molecule has 25 heavy (non-hydrogen) atoms. The molecule has 0 aliphatic carbocycles. The minimum absolute atomic E-state index is 0.0695. The monoisotopic (exact) mass is 353 g/mol. The predicted octanol–water partition coefficient (Wildman–Crippen LogP) is 4.94. The Hall–Kier alpha value is -2.79. The zero-order chi connectivity index (χ0) is 17.8. The van der Waals surface area contributed by atoms with Gasteiger partial charge in [-0.3, -0.25) is 0 Å². The average molecular weight is 354 g/mol. The fraction of sp³-hybridized carbons (Fsp3) is 0.158. The van der Waals surface area contributed by atoms with E-state index in [0.29, 0.717) is 22.3 Å². The molecule has 0 saturated heterocycles. The van der Waals surface area contributed by atoms with E-state index in [9.17, 15) is 0 Å². The number of nitrogen functional groups attached to an aromatic ring is 1. The van der Waals surface area contributed by atoms with Crippen LogP contribution in [0.4, 0.5) is 23.0 Å². The van der Waals surface area contributed by atoms with E-state index in [1.54, 1.807) is 0 Å². The van der Waals surface area contributed by atoms with Crippen LogP contribution in [0.15, 0.2) is 54.9 Å². The average Bonchev–Trinajstić information content (AvgIpc) is 2.62. The van der Waals surface area contributed by atoms with Crippen molar-refractivity contribution in [1.29, 1.82) is 0 Å². The van der Waals surface area contributed by atoms with E-state index in [1.165, 1.54) is 6.33 Å². The summed E-state index contributed by atoms with van der Waals surface area (Å²) in [5.41, 5.74) is 9.69. The molecular weight excluding hydrogens is 334 g/mol. The Kier molecular flexibility index (Phi) is 5.05. The maximum absolute atomic E-state index is 6.24. The molecule has 0 saturated carbocycles. The predicted molar refractivity (Wildman–Crippen MR) is 104 cm³/mol. The van der Waals surface area contributed by atoms with Gasteiger partial charge in [0.25, 0.3) is 0 Å². The molecule has 0 aliphatic heterocycles. The van der Waals surface area contributed by atoms with E-state index >= 15 is 0 Å². The van der Waals surface area contributed by atoms with E-state index < -0.39 is 0 Å². The van der Waals surface area contributed by atoms with Crippen molar-refractivity contribution in [1.82, 2.24) is 9.97 Å². The minimum atomic E-state index is 0.0695. The maximum atomic E-state index is 6.24. The van der Waals surface area contributed by atoms with Crippen LogP contribution >= 0.6 is 11.6 Å². The Bertz CT molecular complexity index is 867. The molecule has 128 valence electrons. The molecule has 3 aromatic rings. The van der Waals surface area contributed by atoms with Crippen molar-refractivity contribution in [3.8, 4) is 0 Å². The summed E-state index contributed by atoms with van der Waals surface area (Å²) in [6.07, 6.45) is 1.48. The van der Waals surface area contributed by atoms with Crippen LogP contribution < -0.4 is 16.4 Å². The molecule has 1 atom stereocenters. The number of rotatable bonds is 5. The number of nitrogens with zero attached hydrogens (tertiary/aromatic N) is 2. The second-order valence-corrected chi connectivity index (χ2v) is 6.26. The van der Waals surface area contributed by atoms with Crippen molar-refractivity contribution in [3.05, 3.63) is 71.0 Å². The Balaban J connectivity index is 1.81. The van der Waals surface area contributed by atoms with Gasteiger partial charge in [0, 0.05) is 10.7 Å². The molecule has 0 fully saturated rings. The van der Waals surface area contributed by atoms with Crippen LogP contribution in [-0.2, 0) is 0 Å². The first-order valence-electron chi connectivity index (χ1n) is 7.99. The van der Waals surface area contributed by atoms with Gasteiger partial charge in [-0.05, 0) is 37.1 Å².